The van der Waals surface area contributed by atoms with Crippen LogP contribution in [0.1, 0.15) is 30.6 Å². The SMILES string of the molecule is CC(C)N1CC(NC(=O)Nc2ccc(C(=O)O)cc2)CC1=O. The Labute approximate surface area is 128 Å². The number of carboxylic acids is 1. The monoisotopic (exact) mass is 305 g/mol. The third-order valence-corrected chi connectivity index (χ3v) is 3.51. The van der Waals surface area contributed by atoms with Crippen molar-refractivity contribution in [3.8, 4) is 0 Å². The van der Waals surface area contributed by atoms with Crippen LogP contribution in [0.15, 0.2) is 24.3 Å². The molecular weight excluding hydrogens is 286 g/mol. The molecule has 1 aliphatic heterocycles. The lowest BCUT2D eigenvalue weighted by molar-refractivity contribution is -0.129. The Morgan fingerprint density at radius 2 is 1.91 bits per heavy atom. The first-order chi connectivity index (χ1) is 10.4. The van der Waals surface area contributed by atoms with Crippen LogP contribution >= 0.6 is 0 Å². The summed E-state index contributed by atoms with van der Waals surface area (Å²) in [6.07, 6.45) is 0.295. The van der Waals surface area contributed by atoms with Gasteiger partial charge in [-0.15, -0.1) is 0 Å². The molecule has 1 atom stereocenters. The van der Waals surface area contributed by atoms with Gasteiger partial charge in [-0.25, -0.2) is 9.59 Å². The van der Waals surface area contributed by atoms with E-state index in [0.717, 1.165) is 0 Å². The molecule has 2 rings (SSSR count). The van der Waals surface area contributed by atoms with Crippen LogP contribution in [0, 0.1) is 0 Å². The largest absolute Gasteiger partial charge is 0.478 e. The third-order valence-electron chi connectivity index (χ3n) is 3.51. The maximum absolute atomic E-state index is 11.9. The third kappa shape index (κ3) is 3.75. The Morgan fingerprint density at radius 1 is 1.27 bits per heavy atom. The highest BCUT2D eigenvalue weighted by molar-refractivity contribution is 5.92. The van der Waals surface area contributed by atoms with Gasteiger partial charge < -0.3 is 20.6 Å². The van der Waals surface area contributed by atoms with Crippen LogP contribution in [-0.2, 0) is 4.79 Å². The number of anilines is 1. The molecule has 1 saturated heterocycles. The lowest BCUT2D eigenvalue weighted by Gasteiger charge is -2.21. The van der Waals surface area contributed by atoms with Gasteiger partial charge >= 0.3 is 12.0 Å². The Morgan fingerprint density at radius 3 is 2.41 bits per heavy atom. The van der Waals surface area contributed by atoms with Gasteiger partial charge in [0, 0.05) is 24.7 Å². The predicted molar refractivity (Wildman–Crippen MR) is 80.8 cm³/mol. The number of benzene rings is 1. The molecule has 0 saturated carbocycles. The van der Waals surface area contributed by atoms with Crippen LogP contribution in [0.25, 0.3) is 0 Å². The Balaban J connectivity index is 1.88. The van der Waals surface area contributed by atoms with E-state index >= 15 is 0 Å². The van der Waals surface area contributed by atoms with Crippen molar-refractivity contribution in [1.29, 1.82) is 0 Å². The van der Waals surface area contributed by atoms with Crippen molar-refractivity contribution in [2.75, 3.05) is 11.9 Å². The number of urea groups is 1. The van der Waals surface area contributed by atoms with Crippen LogP contribution < -0.4 is 10.6 Å². The van der Waals surface area contributed by atoms with E-state index in [1.165, 1.54) is 24.3 Å². The first-order valence-corrected chi connectivity index (χ1v) is 7.07. The number of hydrogen-bond donors (Lipinski definition) is 3. The fraction of sp³-hybridized carbons (Fsp3) is 0.400. The van der Waals surface area contributed by atoms with Gasteiger partial charge in [-0.2, -0.15) is 0 Å². The molecule has 0 bridgehead atoms. The first-order valence-electron chi connectivity index (χ1n) is 7.07. The summed E-state index contributed by atoms with van der Waals surface area (Å²) < 4.78 is 0. The second kappa shape index (κ2) is 6.46. The number of nitrogens with zero attached hydrogens (tertiary/aromatic N) is 1. The van der Waals surface area contributed by atoms with E-state index in [4.69, 9.17) is 5.11 Å². The summed E-state index contributed by atoms with van der Waals surface area (Å²) in [7, 11) is 0. The first kappa shape index (κ1) is 15.8. The zero-order valence-corrected chi connectivity index (χ0v) is 12.5. The van der Waals surface area contributed by atoms with Crippen LogP contribution in [0.5, 0.6) is 0 Å². The summed E-state index contributed by atoms with van der Waals surface area (Å²) in [4.78, 5) is 36.1. The fourth-order valence-electron chi connectivity index (χ4n) is 2.38. The van der Waals surface area contributed by atoms with Crippen LogP contribution in [0.4, 0.5) is 10.5 Å². The highest BCUT2D eigenvalue weighted by atomic mass is 16.4. The molecule has 3 amide bonds. The molecule has 1 aliphatic rings. The number of rotatable bonds is 4. The Bertz CT molecular complexity index is 583. The highest BCUT2D eigenvalue weighted by Gasteiger charge is 2.31. The summed E-state index contributed by atoms with van der Waals surface area (Å²) >= 11 is 0. The van der Waals surface area contributed by atoms with Crippen molar-refractivity contribution in [3.63, 3.8) is 0 Å². The molecule has 1 unspecified atom stereocenters. The van der Waals surface area contributed by atoms with Gasteiger partial charge in [-0.3, -0.25) is 4.79 Å². The molecule has 22 heavy (non-hydrogen) atoms. The molecular formula is C15H19N3O4. The van der Waals surface area contributed by atoms with Gasteiger partial charge in [0.25, 0.3) is 0 Å². The summed E-state index contributed by atoms with van der Waals surface area (Å²) in [5.41, 5.74) is 0.646. The minimum absolute atomic E-state index is 0.0334. The van der Waals surface area contributed by atoms with Crippen molar-refractivity contribution < 1.29 is 19.5 Å². The molecule has 1 aromatic carbocycles. The van der Waals surface area contributed by atoms with Crippen molar-refractivity contribution in [2.24, 2.45) is 0 Å². The Hall–Kier alpha value is -2.57. The van der Waals surface area contributed by atoms with Gasteiger partial charge in [0.1, 0.15) is 0 Å². The summed E-state index contributed by atoms with van der Waals surface area (Å²) in [5.74, 6) is -0.986. The van der Waals surface area contributed by atoms with Gasteiger partial charge in [-0.1, -0.05) is 0 Å². The molecule has 1 aromatic rings. The Kier molecular flexibility index (Phi) is 4.65. The molecule has 0 radical (unpaired) electrons. The number of hydrogen-bond acceptors (Lipinski definition) is 3. The molecule has 0 aliphatic carbocycles. The van der Waals surface area contributed by atoms with Crippen molar-refractivity contribution in [2.45, 2.75) is 32.4 Å². The predicted octanol–water partition coefficient (Wildman–Crippen LogP) is 1.52. The maximum Gasteiger partial charge on any atom is 0.335 e. The number of carbonyl (C=O) groups excluding carboxylic acids is 2. The molecule has 3 N–H and O–H groups in total. The molecule has 118 valence electrons. The molecule has 1 fully saturated rings. The highest BCUT2D eigenvalue weighted by Crippen LogP contribution is 2.15. The van der Waals surface area contributed by atoms with E-state index in [2.05, 4.69) is 10.6 Å². The molecule has 7 nitrogen and oxygen atoms in total. The number of aromatic carboxylic acids is 1. The van der Waals surface area contributed by atoms with Crippen molar-refractivity contribution in [3.05, 3.63) is 29.8 Å². The number of amides is 3. The van der Waals surface area contributed by atoms with Gasteiger partial charge in [0.05, 0.1) is 11.6 Å². The quantitative estimate of drug-likeness (QED) is 0.785. The smallest absolute Gasteiger partial charge is 0.335 e. The summed E-state index contributed by atoms with van der Waals surface area (Å²) in [6.45, 7) is 4.37. The fourth-order valence-corrected chi connectivity index (χ4v) is 2.38. The molecule has 0 aromatic heterocycles. The lowest BCUT2D eigenvalue weighted by Crippen LogP contribution is -2.40. The number of carbonyl (C=O) groups is 3. The van der Waals surface area contributed by atoms with Crippen molar-refractivity contribution >= 4 is 23.6 Å². The van der Waals surface area contributed by atoms with E-state index in [-0.39, 0.29) is 23.6 Å². The zero-order valence-electron chi connectivity index (χ0n) is 12.5. The van der Waals surface area contributed by atoms with Crippen LogP contribution in [-0.4, -0.2) is 46.5 Å². The van der Waals surface area contributed by atoms with Crippen LogP contribution in [0.3, 0.4) is 0 Å². The van der Waals surface area contributed by atoms with Gasteiger partial charge in [0.2, 0.25) is 5.91 Å². The van der Waals surface area contributed by atoms with Crippen LogP contribution in [0.2, 0.25) is 0 Å². The molecule has 1 heterocycles. The average molecular weight is 305 g/mol. The van der Waals surface area contributed by atoms with Crippen molar-refractivity contribution in [1.82, 2.24) is 10.2 Å². The summed E-state index contributed by atoms with van der Waals surface area (Å²) in [6, 6.07) is 5.35. The standard InChI is InChI=1S/C15H19N3O4/c1-9(2)18-8-12(7-13(18)19)17-15(22)16-11-5-3-10(4-6-11)14(20)21/h3-6,9,12H,7-8H2,1-2H3,(H,20,21)(H2,16,17,22). The number of nitrogens with one attached hydrogen (secondary N) is 2. The number of likely N-dealkylation sites (tertiary alicyclic amines) is 1. The lowest BCUT2D eigenvalue weighted by atomic mass is 10.2. The molecule has 0 spiro atoms. The second-order valence-corrected chi connectivity index (χ2v) is 5.52. The van der Waals surface area contributed by atoms with E-state index in [1.54, 1.807) is 4.90 Å². The zero-order chi connectivity index (χ0) is 16.3. The maximum atomic E-state index is 11.9. The van der Waals surface area contributed by atoms with E-state index < -0.39 is 12.0 Å². The van der Waals surface area contributed by atoms with Gasteiger partial charge in [-0.05, 0) is 38.1 Å². The molecule has 7 heteroatoms. The topological polar surface area (TPSA) is 98.7 Å². The minimum Gasteiger partial charge on any atom is -0.478 e. The summed E-state index contributed by atoms with van der Waals surface area (Å²) in [5, 5.41) is 14.2. The second-order valence-electron chi connectivity index (χ2n) is 5.52. The minimum atomic E-state index is -1.02. The van der Waals surface area contributed by atoms with E-state index in [0.29, 0.717) is 18.7 Å². The number of carboxylic acid groups (broad SMARTS) is 1. The average Bonchev–Trinajstić information content (AvgIpc) is 2.80. The van der Waals surface area contributed by atoms with E-state index in [9.17, 15) is 14.4 Å². The van der Waals surface area contributed by atoms with E-state index in [1.807, 2.05) is 13.8 Å². The normalized spacial score (nSPS) is 17.7. The van der Waals surface area contributed by atoms with Gasteiger partial charge in [0.15, 0.2) is 0 Å².